The lowest BCUT2D eigenvalue weighted by atomic mass is 9.56. The third-order valence-corrected chi connectivity index (χ3v) is 9.58. The summed E-state index contributed by atoms with van der Waals surface area (Å²) in [4.78, 5) is 43.5. The molecule has 6 aromatic rings. The maximum absolute atomic E-state index is 15.3. The van der Waals surface area contributed by atoms with Crippen LogP contribution in [0.15, 0.2) is 182 Å². The van der Waals surface area contributed by atoms with Gasteiger partial charge >= 0.3 is 0 Å². The molecule has 0 amide bonds. The van der Waals surface area contributed by atoms with Crippen LogP contribution in [0.25, 0.3) is 0 Å². The van der Waals surface area contributed by atoms with E-state index < -0.39 is 52.9 Å². The monoisotopic (exact) mass is 674 g/mol. The third kappa shape index (κ3) is 6.98. The molecule has 0 saturated heterocycles. The molecule has 3 N–H and O–H groups in total. The Morgan fingerprint density at radius 2 is 0.667 bits per heavy atom. The van der Waals surface area contributed by atoms with E-state index in [-0.39, 0.29) is 16.7 Å². The highest BCUT2D eigenvalue weighted by Crippen LogP contribution is 2.49. The SMILES string of the molecule is O=C(c1ccccc1)C(O)C(O)C(C(=O)c1ccccc1)C(O)C(C(=O)c1ccccc1)C(c1ccccc1)(c1ccccc1)c1ccccc1. The number of Topliss-reactive ketones (excluding diaryl/α,β-unsaturated/α-hetero) is 3. The van der Waals surface area contributed by atoms with E-state index in [1.54, 1.807) is 66.7 Å². The van der Waals surface area contributed by atoms with Crippen molar-refractivity contribution in [3.63, 3.8) is 0 Å². The van der Waals surface area contributed by atoms with Gasteiger partial charge in [0.25, 0.3) is 0 Å². The molecule has 0 aliphatic heterocycles. The van der Waals surface area contributed by atoms with E-state index in [2.05, 4.69) is 0 Å². The van der Waals surface area contributed by atoms with Crippen molar-refractivity contribution in [2.45, 2.75) is 23.7 Å². The average Bonchev–Trinajstić information content (AvgIpc) is 3.21. The van der Waals surface area contributed by atoms with Crippen LogP contribution >= 0.6 is 0 Å². The van der Waals surface area contributed by atoms with Crippen LogP contribution in [0, 0.1) is 11.8 Å². The Morgan fingerprint density at radius 1 is 0.373 bits per heavy atom. The number of aliphatic hydroxyl groups excluding tert-OH is 3. The first-order valence-electron chi connectivity index (χ1n) is 16.8. The summed E-state index contributed by atoms with van der Waals surface area (Å²) < 4.78 is 0. The molecule has 6 nitrogen and oxygen atoms in total. The van der Waals surface area contributed by atoms with E-state index in [0.29, 0.717) is 16.7 Å². The van der Waals surface area contributed by atoms with E-state index in [1.165, 1.54) is 24.3 Å². The van der Waals surface area contributed by atoms with Gasteiger partial charge in [0.2, 0.25) is 0 Å². The summed E-state index contributed by atoms with van der Waals surface area (Å²) in [5.74, 6) is -5.36. The fourth-order valence-electron chi connectivity index (χ4n) is 7.17. The normalized spacial score (nSPS) is 14.4. The summed E-state index contributed by atoms with van der Waals surface area (Å²) >= 11 is 0. The highest BCUT2D eigenvalue weighted by atomic mass is 16.3. The second-order valence-corrected chi connectivity index (χ2v) is 12.5. The highest BCUT2D eigenvalue weighted by Gasteiger charge is 2.55. The number of benzene rings is 6. The van der Waals surface area contributed by atoms with Gasteiger partial charge in [0, 0.05) is 16.7 Å². The number of aliphatic hydroxyl groups is 3. The van der Waals surface area contributed by atoms with E-state index >= 15 is 4.79 Å². The average molecular weight is 675 g/mol. The van der Waals surface area contributed by atoms with Crippen LogP contribution in [0.5, 0.6) is 0 Å². The van der Waals surface area contributed by atoms with Crippen molar-refractivity contribution in [1.82, 2.24) is 0 Å². The van der Waals surface area contributed by atoms with Crippen molar-refractivity contribution >= 4 is 17.3 Å². The van der Waals surface area contributed by atoms with Crippen LogP contribution in [0.3, 0.4) is 0 Å². The summed E-state index contributed by atoms with van der Waals surface area (Å²) in [5, 5.41) is 36.5. The molecular formula is C45H38O6. The van der Waals surface area contributed by atoms with Crippen LogP contribution in [0.4, 0.5) is 0 Å². The third-order valence-electron chi connectivity index (χ3n) is 9.58. The number of carbonyl (C=O) groups excluding carboxylic acids is 3. The van der Waals surface area contributed by atoms with E-state index in [0.717, 1.165) is 0 Å². The van der Waals surface area contributed by atoms with Gasteiger partial charge in [-0.3, -0.25) is 14.4 Å². The van der Waals surface area contributed by atoms with Gasteiger partial charge in [-0.05, 0) is 16.7 Å². The molecular weight excluding hydrogens is 636 g/mol. The topological polar surface area (TPSA) is 112 Å². The van der Waals surface area contributed by atoms with Crippen molar-refractivity contribution < 1.29 is 29.7 Å². The van der Waals surface area contributed by atoms with E-state index in [4.69, 9.17) is 0 Å². The molecule has 0 heterocycles. The zero-order chi connectivity index (χ0) is 35.8. The van der Waals surface area contributed by atoms with Gasteiger partial charge in [-0.2, -0.15) is 0 Å². The van der Waals surface area contributed by atoms with Crippen LogP contribution < -0.4 is 0 Å². The van der Waals surface area contributed by atoms with E-state index in [1.807, 2.05) is 91.0 Å². The summed E-state index contributed by atoms with van der Waals surface area (Å²) in [6.07, 6.45) is -6.16. The molecule has 6 aromatic carbocycles. The first-order chi connectivity index (χ1) is 24.9. The van der Waals surface area contributed by atoms with Gasteiger partial charge in [0.15, 0.2) is 17.3 Å². The zero-order valence-electron chi connectivity index (χ0n) is 27.8. The summed E-state index contributed by atoms with van der Waals surface area (Å²) in [5.41, 5.74) is 1.03. The molecule has 0 aliphatic carbocycles. The minimum absolute atomic E-state index is 0.119. The molecule has 0 fully saturated rings. The van der Waals surface area contributed by atoms with Crippen molar-refractivity contribution in [2.75, 3.05) is 0 Å². The lowest BCUT2D eigenvalue weighted by Gasteiger charge is -2.46. The van der Waals surface area contributed by atoms with Gasteiger partial charge in [0.1, 0.15) is 6.10 Å². The molecule has 0 saturated carbocycles. The van der Waals surface area contributed by atoms with Crippen LogP contribution in [-0.4, -0.2) is 51.0 Å². The molecule has 6 rings (SSSR count). The number of hydrogen-bond donors (Lipinski definition) is 3. The number of rotatable bonds is 14. The van der Waals surface area contributed by atoms with Gasteiger partial charge in [-0.15, -0.1) is 0 Å². The molecule has 254 valence electrons. The predicted molar refractivity (Wildman–Crippen MR) is 197 cm³/mol. The van der Waals surface area contributed by atoms with Gasteiger partial charge in [-0.1, -0.05) is 182 Å². The zero-order valence-corrected chi connectivity index (χ0v) is 27.8. The minimum Gasteiger partial charge on any atom is -0.391 e. The first kappa shape index (κ1) is 35.1. The second-order valence-electron chi connectivity index (χ2n) is 12.5. The van der Waals surface area contributed by atoms with Crippen molar-refractivity contribution in [3.05, 3.63) is 215 Å². The fourth-order valence-corrected chi connectivity index (χ4v) is 7.17. The molecule has 0 radical (unpaired) electrons. The largest absolute Gasteiger partial charge is 0.391 e. The van der Waals surface area contributed by atoms with Crippen LogP contribution in [0.1, 0.15) is 47.8 Å². The molecule has 0 aliphatic rings. The smallest absolute Gasteiger partial charge is 0.193 e. The van der Waals surface area contributed by atoms with Crippen molar-refractivity contribution in [3.8, 4) is 0 Å². The van der Waals surface area contributed by atoms with Gasteiger partial charge in [-0.25, -0.2) is 0 Å². The summed E-state index contributed by atoms with van der Waals surface area (Å²) in [6.45, 7) is 0. The molecule has 0 aromatic heterocycles. The predicted octanol–water partition coefficient (Wildman–Crippen LogP) is 6.98. The number of carbonyl (C=O) groups is 3. The minimum atomic E-state index is -2.11. The maximum Gasteiger partial charge on any atom is 0.193 e. The summed E-state index contributed by atoms with van der Waals surface area (Å²) in [6, 6.07) is 52.4. The van der Waals surface area contributed by atoms with Gasteiger partial charge < -0.3 is 15.3 Å². The molecule has 0 bridgehead atoms. The first-order valence-corrected chi connectivity index (χ1v) is 16.8. The van der Waals surface area contributed by atoms with Crippen LogP contribution in [0.2, 0.25) is 0 Å². The van der Waals surface area contributed by atoms with Crippen molar-refractivity contribution in [2.24, 2.45) is 11.8 Å². The molecule has 5 unspecified atom stereocenters. The molecule has 0 spiro atoms. The molecule has 5 atom stereocenters. The Labute approximate surface area is 297 Å². The number of ketones is 3. The maximum atomic E-state index is 15.3. The molecule has 51 heavy (non-hydrogen) atoms. The Bertz CT molecular complexity index is 1940. The Hall–Kier alpha value is -5.79. The Kier molecular flexibility index (Phi) is 10.9. The Morgan fingerprint density at radius 3 is 1.02 bits per heavy atom. The molecule has 6 heteroatoms. The summed E-state index contributed by atoms with van der Waals surface area (Å²) in [7, 11) is 0. The second kappa shape index (κ2) is 15.8. The lowest BCUT2D eigenvalue weighted by molar-refractivity contribution is -0.0516. The van der Waals surface area contributed by atoms with Crippen LogP contribution in [-0.2, 0) is 5.41 Å². The fraction of sp³-hybridized carbons (Fsp3) is 0.133. The number of hydrogen-bond acceptors (Lipinski definition) is 6. The quantitative estimate of drug-likeness (QED) is 0.0849. The van der Waals surface area contributed by atoms with Crippen molar-refractivity contribution in [1.29, 1.82) is 0 Å². The Balaban J connectivity index is 1.65. The van der Waals surface area contributed by atoms with Gasteiger partial charge in [0.05, 0.1) is 29.5 Å². The van der Waals surface area contributed by atoms with E-state index in [9.17, 15) is 24.9 Å². The lowest BCUT2D eigenvalue weighted by Crippen LogP contribution is -2.56. The standard InChI is InChI=1S/C45H38O6/c46-39(31-19-7-1-8-20-31)37(43(50)44(51)41(48)33-23-11-3-12-24-33)42(49)38(40(47)32-21-9-2-10-22-32)45(34-25-13-4-14-26-34,35-27-15-5-16-28-35)36-29-17-6-18-30-36/h1-30,37-38,42-44,49-51H. The highest BCUT2D eigenvalue weighted by molar-refractivity contribution is 6.04.